The predicted octanol–water partition coefficient (Wildman–Crippen LogP) is 0.928. The number of piperidine rings is 1. The van der Waals surface area contributed by atoms with Crippen LogP contribution in [0.15, 0.2) is 12.3 Å². The van der Waals surface area contributed by atoms with Gasteiger partial charge in [-0.2, -0.15) is 5.10 Å². The fraction of sp³-hybridized carbons (Fsp3) is 0.556. The number of nitrogens with zero attached hydrogens (tertiary/aromatic N) is 2. The molecular weight excluding hydrogens is 218 g/mol. The zero-order chi connectivity index (χ0) is 9.97. The van der Waals surface area contributed by atoms with Crippen LogP contribution in [0.3, 0.4) is 0 Å². The third-order valence-corrected chi connectivity index (χ3v) is 2.54. The summed E-state index contributed by atoms with van der Waals surface area (Å²) in [6.07, 6.45) is 3.44. The minimum absolute atomic E-state index is 0. The van der Waals surface area contributed by atoms with Gasteiger partial charge >= 0.3 is 5.97 Å². The van der Waals surface area contributed by atoms with Gasteiger partial charge in [0.1, 0.15) is 5.69 Å². The van der Waals surface area contributed by atoms with Crippen molar-refractivity contribution in [3.8, 4) is 0 Å². The minimum Gasteiger partial charge on any atom is -0.477 e. The normalized spacial score (nSPS) is 17.1. The Morgan fingerprint density at radius 3 is 2.80 bits per heavy atom. The lowest BCUT2D eigenvalue weighted by Crippen LogP contribution is -2.31. The molecule has 2 rings (SSSR count). The maximum absolute atomic E-state index is 10.8. The molecule has 0 aliphatic carbocycles. The summed E-state index contributed by atoms with van der Waals surface area (Å²) >= 11 is 0. The van der Waals surface area contributed by atoms with E-state index >= 15 is 0 Å². The van der Waals surface area contributed by atoms with Gasteiger partial charge in [-0.1, -0.05) is 0 Å². The van der Waals surface area contributed by atoms with Gasteiger partial charge in [0.25, 0.3) is 0 Å². The first-order chi connectivity index (χ1) is 6.79. The Bertz CT molecular complexity index is 334. The van der Waals surface area contributed by atoms with Crippen molar-refractivity contribution in [2.75, 3.05) is 13.1 Å². The second-order valence-electron chi connectivity index (χ2n) is 3.45. The van der Waals surface area contributed by atoms with Gasteiger partial charge in [0, 0.05) is 6.20 Å². The van der Waals surface area contributed by atoms with Crippen LogP contribution in [0.4, 0.5) is 0 Å². The highest BCUT2D eigenvalue weighted by molar-refractivity contribution is 5.85. The van der Waals surface area contributed by atoms with E-state index < -0.39 is 5.97 Å². The molecule has 2 N–H and O–H groups in total. The maximum Gasteiger partial charge on any atom is 0.354 e. The molecule has 1 saturated heterocycles. The highest BCUT2D eigenvalue weighted by Crippen LogP contribution is 2.19. The van der Waals surface area contributed by atoms with Crippen molar-refractivity contribution in [1.29, 1.82) is 0 Å². The zero-order valence-electron chi connectivity index (χ0n) is 8.22. The quantitative estimate of drug-likeness (QED) is 0.795. The number of hydrogen-bond acceptors (Lipinski definition) is 3. The Balaban J connectivity index is 0.00000112. The Morgan fingerprint density at radius 1 is 1.53 bits per heavy atom. The summed E-state index contributed by atoms with van der Waals surface area (Å²) in [4.78, 5) is 10.8. The zero-order valence-corrected chi connectivity index (χ0v) is 9.04. The number of halogens is 1. The van der Waals surface area contributed by atoms with Crippen molar-refractivity contribution in [2.24, 2.45) is 0 Å². The average Bonchev–Trinajstić information content (AvgIpc) is 2.67. The summed E-state index contributed by atoms with van der Waals surface area (Å²) < 4.78 is 1.63. The monoisotopic (exact) mass is 231 g/mol. The van der Waals surface area contributed by atoms with Crippen LogP contribution in [0, 0.1) is 0 Å². The number of carbonyl (C=O) groups is 1. The van der Waals surface area contributed by atoms with Crippen molar-refractivity contribution in [3.63, 3.8) is 0 Å². The highest BCUT2D eigenvalue weighted by atomic mass is 35.5. The third-order valence-electron chi connectivity index (χ3n) is 2.54. The number of carboxylic acid groups (broad SMARTS) is 1. The van der Waals surface area contributed by atoms with E-state index in [1.54, 1.807) is 16.9 Å². The third kappa shape index (κ3) is 2.49. The molecule has 1 aliphatic heterocycles. The van der Waals surface area contributed by atoms with Crippen molar-refractivity contribution in [3.05, 3.63) is 18.0 Å². The van der Waals surface area contributed by atoms with Crippen molar-refractivity contribution < 1.29 is 9.90 Å². The molecule has 5 nitrogen and oxygen atoms in total. The number of aromatic carboxylic acids is 1. The van der Waals surface area contributed by atoms with Gasteiger partial charge in [0.15, 0.2) is 0 Å². The second kappa shape index (κ2) is 5.14. The molecule has 0 aromatic carbocycles. The molecule has 1 fully saturated rings. The average molecular weight is 232 g/mol. The predicted molar refractivity (Wildman–Crippen MR) is 57.6 cm³/mol. The van der Waals surface area contributed by atoms with Crippen LogP contribution in [0.1, 0.15) is 29.4 Å². The number of hydrogen-bond donors (Lipinski definition) is 2. The van der Waals surface area contributed by atoms with Crippen molar-refractivity contribution in [2.45, 2.75) is 18.9 Å². The molecule has 1 aliphatic rings. The number of aromatic nitrogens is 2. The molecule has 0 amide bonds. The molecule has 0 unspecified atom stereocenters. The van der Waals surface area contributed by atoms with Crippen LogP contribution in [0.5, 0.6) is 0 Å². The molecule has 84 valence electrons. The first-order valence-electron chi connectivity index (χ1n) is 4.76. The molecule has 0 bridgehead atoms. The first-order valence-corrected chi connectivity index (χ1v) is 4.76. The minimum atomic E-state index is -0.902. The van der Waals surface area contributed by atoms with Gasteiger partial charge < -0.3 is 10.4 Å². The molecule has 0 radical (unpaired) electrons. The van der Waals surface area contributed by atoms with E-state index in [4.69, 9.17) is 5.11 Å². The first kappa shape index (κ1) is 12.0. The van der Waals surface area contributed by atoms with E-state index in [0.29, 0.717) is 0 Å². The smallest absolute Gasteiger partial charge is 0.354 e. The van der Waals surface area contributed by atoms with Crippen molar-refractivity contribution in [1.82, 2.24) is 15.1 Å². The summed E-state index contributed by atoms with van der Waals surface area (Å²) in [7, 11) is 0. The Hall–Kier alpha value is -1.07. The number of nitrogens with one attached hydrogen (secondary N) is 1. The largest absolute Gasteiger partial charge is 0.477 e. The van der Waals surface area contributed by atoms with E-state index in [9.17, 15) is 4.79 Å². The molecule has 0 atom stereocenters. The van der Waals surface area contributed by atoms with Crippen LogP contribution < -0.4 is 5.32 Å². The molecule has 15 heavy (non-hydrogen) atoms. The molecular formula is C9H14ClN3O2. The van der Waals surface area contributed by atoms with E-state index in [-0.39, 0.29) is 24.1 Å². The van der Waals surface area contributed by atoms with E-state index in [1.807, 2.05) is 0 Å². The Labute approximate surface area is 93.9 Å². The van der Waals surface area contributed by atoms with Crippen LogP contribution in [0.25, 0.3) is 0 Å². The van der Waals surface area contributed by atoms with Gasteiger partial charge in [0.05, 0.1) is 6.04 Å². The lowest BCUT2D eigenvalue weighted by atomic mass is 10.1. The molecule has 1 aromatic rings. The van der Waals surface area contributed by atoms with Gasteiger partial charge in [0.2, 0.25) is 0 Å². The second-order valence-corrected chi connectivity index (χ2v) is 3.45. The van der Waals surface area contributed by atoms with Gasteiger partial charge in [-0.25, -0.2) is 4.79 Å². The van der Waals surface area contributed by atoms with Gasteiger partial charge in [-0.05, 0) is 32.0 Å². The topological polar surface area (TPSA) is 67.1 Å². The van der Waals surface area contributed by atoms with Gasteiger partial charge in [-0.3, -0.25) is 4.68 Å². The maximum atomic E-state index is 10.8. The standard InChI is InChI=1S/C9H13N3O2.ClH/c13-9(14)8-3-6-11-12(8)7-1-4-10-5-2-7;/h3,6-7,10H,1-2,4-5H2,(H,13,14);1H. The molecule has 0 saturated carbocycles. The van der Waals surface area contributed by atoms with E-state index in [2.05, 4.69) is 10.4 Å². The molecule has 6 heteroatoms. The summed E-state index contributed by atoms with van der Waals surface area (Å²) in [6.45, 7) is 1.87. The van der Waals surface area contributed by atoms with Gasteiger partial charge in [-0.15, -0.1) is 12.4 Å². The number of rotatable bonds is 2. The van der Waals surface area contributed by atoms with Crippen LogP contribution >= 0.6 is 12.4 Å². The van der Waals surface area contributed by atoms with Crippen LogP contribution in [-0.4, -0.2) is 33.9 Å². The summed E-state index contributed by atoms with van der Waals surface area (Å²) in [6, 6.07) is 1.78. The van der Waals surface area contributed by atoms with Crippen LogP contribution in [0.2, 0.25) is 0 Å². The fourth-order valence-corrected chi connectivity index (χ4v) is 1.83. The summed E-state index contributed by atoms with van der Waals surface area (Å²) in [5.74, 6) is -0.902. The molecule has 2 heterocycles. The lowest BCUT2D eigenvalue weighted by Gasteiger charge is -2.23. The molecule has 1 aromatic heterocycles. The van der Waals surface area contributed by atoms with E-state index in [1.165, 1.54) is 0 Å². The SMILES string of the molecule is Cl.O=C(O)c1ccnn1C1CCNCC1. The Kier molecular flexibility index (Phi) is 4.11. The van der Waals surface area contributed by atoms with Crippen molar-refractivity contribution >= 4 is 18.4 Å². The fourth-order valence-electron chi connectivity index (χ4n) is 1.83. The lowest BCUT2D eigenvalue weighted by molar-refractivity contribution is 0.0678. The number of carboxylic acids is 1. The molecule has 0 spiro atoms. The van der Waals surface area contributed by atoms with Crippen LogP contribution in [-0.2, 0) is 0 Å². The Morgan fingerprint density at radius 2 is 2.20 bits per heavy atom. The summed E-state index contributed by atoms with van der Waals surface area (Å²) in [5.41, 5.74) is 0.289. The highest BCUT2D eigenvalue weighted by Gasteiger charge is 2.20. The summed E-state index contributed by atoms with van der Waals surface area (Å²) in [5, 5.41) is 16.2. The van der Waals surface area contributed by atoms with E-state index in [0.717, 1.165) is 25.9 Å².